The molecule has 106 valence electrons. The van der Waals surface area contributed by atoms with E-state index in [0.29, 0.717) is 28.5 Å². The van der Waals surface area contributed by atoms with Crippen LogP contribution >= 0.6 is 0 Å². The van der Waals surface area contributed by atoms with Gasteiger partial charge in [-0.1, -0.05) is 5.21 Å². The van der Waals surface area contributed by atoms with Gasteiger partial charge < -0.3 is 14.2 Å². The third-order valence-corrected chi connectivity index (χ3v) is 2.90. The van der Waals surface area contributed by atoms with E-state index in [0.717, 1.165) is 0 Å². The van der Waals surface area contributed by atoms with Gasteiger partial charge in [0, 0.05) is 7.05 Å². The van der Waals surface area contributed by atoms with Crippen LogP contribution in [0.15, 0.2) is 18.3 Å². The van der Waals surface area contributed by atoms with E-state index in [1.54, 1.807) is 19.2 Å². The molecule has 0 unspecified atom stereocenters. The summed E-state index contributed by atoms with van der Waals surface area (Å²) in [4.78, 5) is 12.5. The standard InChI is InChI=1S/C13H15N3O4/c1-16-9(7-14-15-16)11(17)8-5-6-10(18-2)13(20-4)12(8)19-3/h5-7H,1-4H3. The van der Waals surface area contributed by atoms with E-state index in [9.17, 15) is 4.79 Å². The first-order valence-electron chi connectivity index (χ1n) is 5.82. The molecule has 7 heteroatoms. The summed E-state index contributed by atoms with van der Waals surface area (Å²) in [6.07, 6.45) is 1.40. The van der Waals surface area contributed by atoms with E-state index >= 15 is 0 Å². The summed E-state index contributed by atoms with van der Waals surface area (Å²) < 4.78 is 17.1. The van der Waals surface area contributed by atoms with Crippen molar-refractivity contribution in [3.63, 3.8) is 0 Å². The van der Waals surface area contributed by atoms with Gasteiger partial charge in [-0.2, -0.15) is 0 Å². The second-order valence-electron chi connectivity index (χ2n) is 3.95. The predicted octanol–water partition coefficient (Wildman–Crippen LogP) is 1.07. The molecule has 0 N–H and O–H groups in total. The summed E-state index contributed by atoms with van der Waals surface area (Å²) in [7, 11) is 6.12. The topological polar surface area (TPSA) is 75.5 Å². The zero-order valence-electron chi connectivity index (χ0n) is 11.7. The van der Waals surface area contributed by atoms with E-state index in [4.69, 9.17) is 14.2 Å². The Labute approximate surface area is 116 Å². The zero-order chi connectivity index (χ0) is 14.7. The number of aromatic nitrogens is 3. The van der Waals surface area contributed by atoms with Gasteiger partial charge in [-0.15, -0.1) is 5.10 Å². The lowest BCUT2D eigenvalue weighted by Crippen LogP contribution is -2.10. The lowest BCUT2D eigenvalue weighted by molar-refractivity contribution is 0.102. The molecular weight excluding hydrogens is 262 g/mol. The average molecular weight is 277 g/mol. The smallest absolute Gasteiger partial charge is 0.216 e. The van der Waals surface area contributed by atoms with Crippen molar-refractivity contribution < 1.29 is 19.0 Å². The van der Waals surface area contributed by atoms with Crippen LogP contribution in [-0.2, 0) is 7.05 Å². The molecule has 0 radical (unpaired) electrons. The van der Waals surface area contributed by atoms with Crippen molar-refractivity contribution >= 4 is 5.78 Å². The number of methoxy groups -OCH3 is 3. The van der Waals surface area contributed by atoms with Gasteiger partial charge in [0.1, 0.15) is 5.69 Å². The van der Waals surface area contributed by atoms with Gasteiger partial charge in [0.15, 0.2) is 11.5 Å². The normalized spacial score (nSPS) is 10.2. The number of benzene rings is 1. The minimum Gasteiger partial charge on any atom is -0.493 e. The molecule has 0 aliphatic carbocycles. The van der Waals surface area contributed by atoms with Crippen LogP contribution in [0.5, 0.6) is 17.2 Å². The fraction of sp³-hybridized carbons (Fsp3) is 0.308. The van der Waals surface area contributed by atoms with Crippen molar-refractivity contribution in [3.05, 3.63) is 29.6 Å². The minimum absolute atomic E-state index is 0.254. The van der Waals surface area contributed by atoms with Gasteiger partial charge in [0.25, 0.3) is 0 Å². The first-order valence-corrected chi connectivity index (χ1v) is 5.82. The Morgan fingerprint density at radius 1 is 1.10 bits per heavy atom. The number of hydrogen-bond acceptors (Lipinski definition) is 6. The second kappa shape index (κ2) is 5.60. The van der Waals surface area contributed by atoms with Crippen molar-refractivity contribution in [2.75, 3.05) is 21.3 Å². The lowest BCUT2D eigenvalue weighted by atomic mass is 10.1. The number of rotatable bonds is 5. The van der Waals surface area contributed by atoms with E-state index in [-0.39, 0.29) is 5.78 Å². The van der Waals surface area contributed by atoms with Gasteiger partial charge in [0.2, 0.25) is 11.5 Å². The van der Waals surface area contributed by atoms with Gasteiger partial charge in [-0.05, 0) is 12.1 Å². The quantitative estimate of drug-likeness (QED) is 0.761. The summed E-state index contributed by atoms with van der Waals surface area (Å²) in [6.45, 7) is 0. The van der Waals surface area contributed by atoms with E-state index in [2.05, 4.69) is 10.3 Å². The Kier molecular flexibility index (Phi) is 3.88. The minimum atomic E-state index is -0.254. The Hall–Kier alpha value is -2.57. The van der Waals surface area contributed by atoms with Crippen molar-refractivity contribution in [1.29, 1.82) is 0 Å². The predicted molar refractivity (Wildman–Crippen MR) is 70.5 cm³/mol. The number of hydrogen-bond donors (Lipinski definition) is 0. The van der Waals surface area contributed by atoms with Gasteiger partial charge >= 0.3 is 0 Å². The van der Waals surface area contributed by atoms with Crippen LogP contribution < -0.4 is 14.2 Å². The molecule has 2 aromatic rings. The highest BCUT2D eigenvalue weighted by atomic mass is 16.5. The molecule has 0 spiro atoms. The van der Waals surface area contributed by atoms with Crippen LogP contribution in [0.1, 0.15) is 16.1 Å². The highest BCUT2D eigenvalue weighted by molar-refractivity contribution is 6.10. The number of ether oxygens (including phenoxy) is 3. The fourth-order valence-corrected chi connectivity index (χ4v) is 1.91. The van der Waals surface area contributed by atoms with Gasteiger partial charge in [-0.25, -0.2) is 4.68 Å². The maximum atomic E-state index is 12.5. The highest BCUT2D eigenvalue weighted by Crippen LogP contribution is 2.40. The number of carbonyl (C=O) groups is 1. The van der Waals surface area contributed by atoms with Crippen LogP contribution in [0.2, 0.25) is 0 Å². The molecule has 0 bridgehead atoms. The molecule has 7 nitrogen and oxygen atoms in total. The Morgan fingerprint density at radius 2 is 1.80 bits per heavy atom. The van der Waals surface area contributed by atoms with E-state index in [1.165, 1.54) is 32.2 Å². The van der Waals surface area contributed by atoms with Crippen LogP contribution in [0.25, 0.3) is 0 Å². The van der Waals surface area contributed by atoms with Crippen LogP contribution in [0.4, 0.5) is 0 Å². The number of nitrogens with zero attached hydrogens (tertiary/aromatic N) is 3. The number of aryl methyl sites for hydroxylation is 1. The van der Waals surface area contributed by atoms with Gasteiger partial charge in [0.05, 0.1) is 33.1 Å². The maximum Gasteiger partial charge on any atom is 0.216 e. The largest absolute Gasteiger partial charge is 0.493 e. The van der Waals surface area contributed by atoms with Crippen molar-refractivity contribution in [2.24, 2.45) is 7.05 Å². The van der Waals surface area contributed by atoms with Crippen molar-refractivity contribution in [2.45, 2.75) is 0 Å². The van der Waals surface area contributed by atoms with Gasteiger partial charge in [-0.3, -0.25) is 4.79 Å². The number of ketones is 1. The summed E-state index contributed by atoms with van der Waals surface area (Å²) >= 11 is 0. The Balaban J connectivity index is 2.57. The molecule has 1 heterocycles. The first-order chi connectivity index (χ1) is 9.63. The van der Waals surface area contributed by atoms with E-state index < -0.39 is 0 Å². The number of carbonyl (C=O) groups excluding carboxylic acids is 1. The lowest BCUT2D eigenvalue weighted by Gasteiger charge is -2.14. The Bertz CT molecular complexity index is 637. The zero-order valence-corrected chi connectivity index (χ0v) is 11.7. The molecule has 20 heavy (non-hydrogen) atoms. The molecule has 0 aliphatic heterocycles. The van der Waals surface area contributed by atoms with Crippen LogP contribution in [0.3, 0.4) is 0 Å². The van der Waals surface area contributed by atoms with E-state index in [1.807, 2.05) is 0 Å². The summed E-state index contributed by atoms with van der Waals surface area (Å²) in [5.74, 6) is 0.924. The van der Waals surface area contributed by atoms with Crippen molar-refractivity contribution in [3.8, 4) is 17.2 Å². The molecule has 0 saturated carbocycles. The second-order valence-corrected chi connectivity index (χ2v) is 3.95. The van der Waals surface area contributed by atoms with Crippen LogP contribution in [-0.4, -0.2) is 42.1 Å². The SMILES string of the molecule is COc1ccc(C(=O)c2cnnn2C)c(OC)c1OC. The Morgan fingerprint density at radius 3 is 2.30 bits per heavy atom. The third kappa shape index (κ3) is 2.18. The summed E-state index contributed by atoms with van der Waals surface area (Å²) in [5.41, 5.74) is 0.714. The molecule has 1 aromatic carbocycles. The average Bonchev–Trinajstić information content (AvgIpc) is 2.90. The monoisotopic (exact) mass is 277 g/mol. The summed E-state index contributed by atoms with van der Waals surface area (Å²) in [5, 5.41) is 7.44. The molecule has 0 fully saturated rings. The molecule has 0 saturated heterocycles. The molecule has 1 aromatic heterocycles. The molecule has 2 rings (SSSR count). The molecule has 0 atom stereocenters. The highest BCUT2D eigenvalue weighted by Gasteiger charge is 2.23. The summed E-state index contributed by atoms with van der Waals surface area (Å²) in [6, 6.07) is 3.27. The maximum absolute atomic E-state index is 12.5. The van der Waals surface area contributed by atoms with Crippen molar-refractivity contribution in [1.82, 2.24) is 15.0 Å². The molecule has 0 amide bonds. The molecular formula is C13H15N3O4. The third-order valence-electron chi connectivity index (χ3n) is 2.90. The van der Waals surface area contributed by atoms with Crippen LogP contribution in [0, 0.1) is 0 Å². The first kappa shape index (κ1) is 13.9. The molecule has 0 aliphatic rings. The fourth-order valence-electron chi connectivity index (χ4n) is 1.91.